The summed E-state index contributed by atoms with van der Waals surface area (Å²) < 4.78 is 5.31. The lowest BCUT2D eigenvalue weighted by molar-refractivity contribution is 0.0958. The predicted molar refractivity (Wildman–Crippen MR) is 53.6 cm³/mol. The van der Waals surface area contributed by atoms with Crippen molar-refractivity contribution >= 4 is 0 Å². The van der Waals surface area contributed by atoms with Crippen LogP contribution in [0.15, 0.2) is 0 Å². The first kappa shape index (κ1) is 11.0. The first-order valence-electron chi connectivity index (χ1n) is 5.57. The smallest absolute Gasteiger partial charge is 0.0469 e. The Kier molecular flexibility index (Phi) is 5.40. The molecule has 0 saturated heterocycles. The Morgan fingerprint density at radius 1 is 1.38 bits per heavy atom. The summed E-state index contributed by atoms with van der Waals surface area (Å²) in [7, 11) is 0. The average Bonchev–Trinajstić information content (AvgIpc) is 2.65. The Bertz CT molecular complexity index is 119. The molecule has 1 aliphatic carbocycles. The van der Waals surface area contributed by atoms with Gasteiger partial charge in [-0.2, -0.15) is 0 Å². The summed E-state index contributed by atoms with van der Waals surface area (Å²) in [6.45, 7) is 3.97. The van der Waals surface area contributed by atoms with Crippen molar-refractivity contribution < 1.29 is 9.84 Å². The maximum atomic E-state index is 9.23. The van der Waals surface area contributed by atoms with Gasteiger partial charge in [0.1, 0.15) is 0 Å². The molecule has 0 bridgehead atoms. The number of rotatable bonds is 6. The van der Waals surface area contributed by atoms with Crippen molar-refractivity contribution in [2.24, 2.45) is 11.8 Å². The molecular formula is C11H22O2. The first-order chi connectivity index (χ1) is 6.38. The average molecular weight is 186 g/mol. The van der Waals surface area contributed by atoms with Gasteiger partial charge in [-0.1, -0.05) is 25.7 Å². The SMILES string of the molecule is CCOCCC(CO)C1CCCC1. The summed E-state index contributed by atoms with van der Waals surface area (Å²) in [4.78, 5) is 0. The number of hydrogen-bond acceptors (Lipinski definition) is 2. The van der Waals surface area contributed by atoms with Crippen LogP contribution in [0.5, 0.6) is 0 Å². The van der Waals surface area contributed by atoms with Crippen molar-refractivity contribution in [3.05, 3.63) is 0 Å². The van der Waals surface area contributed by atoms with E-state index in [1.165, 1.54) is 25.7 Å². The highest BCUT2D eigenvalue weighted by molar-refractivity contribution is 4.74. The highest BCUT2D eigenvalue weighted by Crippen LogP contribution is 2.32. The monoisotopic (exact) mass is 186 g/mol. The molecule has 0 aromatic carbocycles. The standard InChI is InChI=1S/C11H22O2/c1-2-13-8-7-11(9-12)10-5-3-4-6-10/h10-12H,2-9H2,1H3. The van der Waals surface area contributed by atoms with E-state index in [0.717, 1.165) is 25.6 Å². The minimum absolute atomic E-state index is 0.345. The second kappa shape index (κ2) is 6.39. The summed E-state index contributed by atoms with van der Waals surface area (Å²) in [6, 6.07) is 0. The fourth-order valence-corrected chi connectivity index (χ4v) is 2.28. The number of aliphatic hydroxyl groups is 1. The lowest BCUT2D eigenvalue weighted by Crippen LogP contribution is -2.18. The Hall–Kier alpha value is -0.0800. The van der Waals surface area contributed by atoms with Crippen LogP contribution in [-0.4, -0.2) is 24.9 Å². The lowest BCUT2D eigenvalue weighted by atomic mass is 9.89. The minimum Gasteiger partial charge on any atom is -0.396 e. The van der Waals surface area contributed by atoms with E-state index in [-0.39, 0.29) is 0 Å². The van der Waals surface area contributed by atoms with Gasteiger partial charge in [-0.05, 0) is 25.2 Å². The largest absolute Gasteiger partial charge is 0.396 e. The van der Waals surface area contributed by atoms with Gasteiger partial charge in [0.25, 0.3) is 0 Å². The Balaban J connectivity index is 2.16. The van der Waals surface area contributed by atoms with Crippen molar-refractivity contribution in [3.63, 3.8) is 0 Å². The van der Waals surface area contributed by atoms with Crippen molar-refractivity contribution in [1.29, 1.82) is 0 Å². The second-order valence-corrected chi connectivity index (χ2v) is 3.97. The second-order valence-electron chi connectivity index (χ2n) is 3.97. The molecule has 1 saturated carbocycles. The number of ether oxygens (including phenoxy) is 1. The molecule has 0 amide bonds. The highest BCUT2D eigenvalue weighted by atomic mass is 16.5. The van der Waals surface area contributed by atoms with Gasteiger partial charge in [-0.25, -0.2) is 0 Å². The van der Waals surface area contributed by atoms with Gasteiger partial charge in [-0.15, -0.1) is 0 Å². The normalized spacial score (nSPS) is 20.8. The van der Waals surface area contributed by atoms with E-state index >= 15 is 0 Å². The quantitative estimate of drug-likeness (QED) is 0.644. The predicted octanol–water partition coefficient (Wildman–Crippen LogP) is 2.21. The maximum Gasteiger partial charge on any atom is 0.0469 e. The van der Waals surface area contributed by atoms with Gasteiger partial charge in [0, 0.05) is 19.8 Å². The van der Waals surface area contributed by atoms with Crippen molar-refractivity contribution in [3.8, 4) is 0 Å². The molecule has 2 heteroatoms. The van der Waals surface area contributed by atoms with Crippen LogP contribution in [0.2, 0.25) is 0 Å². The highest BCUT2D eigenvalue weighted by Gasteiger charge is 2.23. The van der Waals surface area contributed by atoms with E-state index in [2.05, 4.69) is 0 Å². The molecule has 1 N–H and O–H groups in total. The Morgan fingerprint density at radius 2 is 2.08 bits per heavy atom. The summed E-state index contributed by atoms with van der Waals surface area (Å²) in [5, 5.41) is 9.23. The molecule has 0 aromatic rings. The first-order valence-corrected chi connectivity index (χ1v) is 5.57. The molecule has 0 heterocycles. The lowest BCUT2D eigenvalue weighted by Gasteiger charge is -2.20. The number of aliphatic hydroxyl groups excluding tert-OH is 1. The zero-order valence-corrected chi connectivity index (χ0v) is 8.67. The molecule has 0 aliphatic heterocycles. The molecule has 1 unspecified atom stereocenters. The van der Waals surface area contributed by atoms with Gasteiger partial charge in [0.2, 0.25) is 0 Å². The fourth-order valence-electron chi connectivity index (χ4n) is 2.28. The molecule has 0 radical (unpaired) electrons. The molecule has 2 nitrogen and oxygen atoms in total. The van der Waals surface area contributed by atoms with Crippen LogP contribution in [0.1, 0.15) is 39.0 Å². The van der Waals surface area contributed by atoms with E-state index in [4.69, 9.17) is 4.74 Å². The Labute approximate surface area is 81.3 Å². The molecule has 78 valence electrons. The van der Waals surface area contributed by atoms with Crippen molar-refractivity contribution in [2.45, 2.75) is 39.0 Å². The van der Waals surface area contributed by atoms with E-state index < -0.39 is 0 Å². The maximum absolute atomic E-state index is 9.23. The molecule has 0 aromatic heterocycles. The van der Waals surface area contributed by atoms with Gasteiger partial charge in [0.15, 0.2) is 0 Å². The molecule has 1 atom stereocenters. The topological polar surface area (TPSA) is 29.5 Å². The summed E-state index contributed by atoms with van der Waals surface area (Å²) in [6.07, 6.45) is 6.38. The number of hydrogen-bond donors (Lipinski definition) is 1. The van der Waals surface area contributed by atoms with Gasteiger partial charge in [-0.3, -0.25) is 0 Å². The van der Waals surface area contributed by atoms with Gasteiger partial charge in [0.05, 0.1) is 0 Å². The minimum atomic E-state index is 0.345. The molecule has 1 aliphatic rings. The molecule has 1 rings (SSSR count). The summed E-state index contributed by atoms with van der Waals surface area (Å²) in [5.74, 6) is 1.26. The van der Waals surface area contributed by atoms with Crippen LogP contribution in [0.3, 0.4) is 0 Å². The molecule has 1 fully saturated rings. The third-order valence-corrected chi connectivity index (χ3v) is 3.14. The zero-order valence-electron chi connectivity index (χ0n) is 8.67. The molecular weight excluding hydrogens is 164 g/mol. The van der Waals surface area contributed by atoms with Crippen molar-refractivity contribution in [2.75, 3.05) is 19.8 Å². The summed E-state index contributed by atoms with van der Waals surface area (Å²) >= 11 is 0. The van der Waals surface area contributed by atoms with E-state index in [1.54, 1.807) is 0 Å². The van der Waals surface area contributed by atoms with Crippen molar-refractivity contribution in [1.82, 2.24) is 0 Å². The fraction of sp³-hybridized carbons (Fsp3) is 1.00. The van der Waals surface area contributed by atoms with Crippen LogP contribution in [0.25, 0.3) is 0 Å². The third kappa shape index (κ3) is 3.65. The van der Waals surface area contributed by atoms with Gasteiger partial charge >= 0.3 is 0 Å². The molecule has 13 heavy (non-hydrogen) atoms. The van der Waals surface area contributed by atoms with E-state index in [9.17, 15) is 5.11 Å². The van der Waals surface area contributed by atoms with E-state index in [1.807, 2.05) is 6.92 Å². The summed E-state index contributed by atoms with van der Waals surface area (Å²) in [5.41, 5.74) is 0. The van der Waals surface area contributed by atoms with Crippen LogP contribution < -0.4 is 0 Å². The van der Waals surface area contributed by atoms with Crippen LogP contribution >= 0.6 is 0 Å². The van der Waals surface area contributed by atoms with Crippen LogP contribution in [-0.2, 0) is 4.74 Å². The zero-order chi connectivity index (χ0) is 9.52. The third-order valence-electron chi connectivity index (χ3n) is 3.14. The van der Waals surface area contributed by atoms with Crippen LogP contribution in [0.4, 0.5) is 0 Å². The molecule has 0 spiro atoms. The van der Waals surface area contributed by atoms with Gasteiger partial charge < -0.3 is 9.84 Å². The Morgan fingerprint density at radius 3 is 2.62 bits per heavy atom. The van der Waals surface area contributed by atoms with Crippen LogP contribution in [0, 0.1) is 11.8 Å². The van der Waals surface area contributed by atoms with E-state index in [0.29, 0.717) is 12.5 Å².